The van der Waals surface area contributed by atoms with Gasteiger partial charge in [-0.2, -0.15) is 0 Å². The Kier molecular flexibility index (Phi) is 1.63. The van der Waals surface area contributed by atoms with Gasteiger partial charge in [0, 0.05) is 18.8 Å². The van der Waals surface area contributed by atoms with Gasteiger partial charge in [0.1, 0.15) is 12.3 Å². The zero-order valence-corrected chi connectivity index (χ0v) is 6.55. The molecule has 3 atom stereocenters. The summed E-state index contributed by atoms with van der Waals surface area (Å²) in [6, 6.07) is 0. The largest absolute Gasteiger partial charge is 0.495 e. The number of halogens is 1. The average Bonchev–Trinajstić information content (AvgIpc) is 2.27. The highest BCUT2D eigenvalue weighted by Gasteiger charge is 2.37. The zero-order chi connectivity index (χ0) is 7.84. The van der Waals surface area contributed by atoms with E-state index in [0.717, 1.165) is 25.0 Å². The lowest BCUT2D eigenvalue weighted by Crippen LogP contribution is -2.26. The van der Waals surface area contributed by atoms with Crippen LogP contribution in [-0.2, 0) is 4.74 Å². The molecule has 62 valence electrons. The van der Waals surface area contributed by atoms with Crippen molar-refractivity contribution in [1.82, 2.24) is 0 Å². The topological polar surface area (TPSA) is 9.23 Å². The van der Waals surface area contributed by atoms with Crippen LogP contribution in [0.4, 0.5) is 4.39 Å². The molecule has 1 aliphatic carbocycles. The molecule has 2 rings (SSSR count). The number of fused-ring (bicyclic) bond motifs is 1. The third-order valence-electron chi connectivity index (χ3n) is 2.67. The van der Waals surface area contributed by atoms with Crippen molar-refractivity contribution in [3.05, 3.63) is 12.3 Å². The van der Waals surface area contributed by atoms with E-state index in [-0.39, 0.29) is 6.10 Å². The second kappa shape index (κ2) is 2.50. The Balaban J connectivity index is 2.02. The molecular formula is C9H13FO. The van der Waals surface area contributed by atoms with E-state index in [9.17, 15) is 4.39 Å². The molecule has 2 fully saturated rings. The summed E-state index contributed by atoms with van der Waals surface area (Å²) < 4.78 is 18.2. The van der Waals surface area contributed by atoms with Crippen molar-refractivity contribution in [2.45, 2.75) is 38.0 Å². The first kappa shape index (κ1) is 7.14. The molecule has 1 saturated heterocycles. The fourth-order valence-electron chi connectivity index (χ4n) is 2.08. The Morgan fingerprint density at radius 1 is 1.45 bits per heavy atom. The predicted molar refractivity (Wildman–Crippen MR) is 40.9 cm³/mol. The second-order valence-electron chi connectivity index (χ2n) is 3.57. The normalized spacial score (nSPS) is 43.4. The van der Waals surface area contributed by atoms with Crippen LogP contribution in [0.2, 0.25) is 0 Å². The van der Waals surface area contributed by atoms with Crippen LogP contribution in [0, 0.1) is 5.92 Å². The van der Waals surface area contributed by atoms with Gasteiger partial charge in [0.2, 0.25) is 0 Å². The van der Waals surface area contributed by atoms with E-state index in [0.29, 0.717) is 12.3 Å². The van der Waals surface area contributed by atoms with Crippen molar-refractivity contribution in [3.8, 4) is 0 Å². The highest BCUT2D eigenvalue weighted by molar-refractivity contribution is 4.99. The van der Waals surface area contributed by atoms with E-state index < -0.39 is 6.17 Å². The molecule has 0 aromatic heterocycles. The lowest BCUT2D eigenvalue weighted by molar-refractivity contribution is 0.0589. The summed E-state index contributed by atoms with van der Waals surface area (Å²) in [6.07, 6.45) is 2.75. The molecule has 0 radical (unpaired) electrons. The average molecular weight is 156 g/mol. The molecule has 0 aromatic rings. The lowest BCUT2D eigenvalue weighted by atomic mass is 9.85. The van der Waals surface area contributed by atoms with Gasteiger partial charge in [0.05, 0.1) is 5.76 Å². The van der Waals surface area contributed by atoms with Gasteiger partial charge in [-0.3, -0.25) is 0 Å². The summed E-state index contributed by atoms with van der Waals surface area (Å²) in [4.78, 5) is 0. The van der Waals surface area contributed by atoms with Gasteiger partial charge < -0.3 is 4.74 Å². The third-order valence-corrected chi connectivity index (χ3v) is 2.67. The van der Waals surface area contributed by atoms with Gasteiger partial charge in [-0.25, -0.2) is 4.39 Å². The molecule has 1 saturated carbocycles. The van der Waals surface area contributed by atoms with E-state index in [1.54, 1.807) is 0 Å². The van der Waals surface area contributed by atoms with E-state index in [1.165, 1.54) is 0 Å². The summed E-state index contributed by atoms with van der Waals surface area (Å²) in [7, 11) is 0. The number of alkyl halides is 1. The first-order valence-electron chi connectivity index (χ1n) is 4.24. The van der Waals surface area contributed by atoms with E-state index >= 15 is 0 Å². The molecule has 0 bridgehead atoms. The summed E-state index contributed by atoms with van der Waals surface area (Å²) in [5, 5.41) is 0. The van der Waals surface area contributed by atoms with E-state index in [4.69, 9.17) is 4.74 Å². The summed E-state index contributed by atoms with van der Waals surface area (Å²) in [5.41, 5.74) is 0. The van der Waals surface area contributed by atoms with Crippen molar-refractivity contribution in [2.24, 2.45) is 5.92 Å². The van der Waals surface area contributed by atoms with Gasteiger partial charge >= 0.3 is 0 Å². The minimum absolute atomic E-state index is 0.145. The van der Waals surface area contributed by atoms with E-state index in [1.807, 2.05) is 0 Å². The first-order valence-corrected chi connectivity index (χ1v) is 4.24. The van der Waals surface area contributed by atoms with Crippen LogP contribution in [0.3, 0.4) is 0 Å². The fourth-order valence-corrected chi connectivity index (χ4v) is 2.08. The highest BCUT2D eigenvalue weighted by atomic mass is 19.1. The smallest absolute Gasteiger partial charge is 0.104 e. The molecule has 11 heavy (non-hydrogen) atoms. The molecule has 0 amide bonds. The van der Waals surface area contributed by atoms with Crippen molar-refractivity contribution >= 4 is 0 Å². The van der Waals surface area contributed by atoms with Crippen LogP contribution in [0.1, 0.15) is 25.7 Å². The maximum atomic E-state index is 12.8. The molecule has 2 heteroatoms. The molecule has 0 N–H and O–H groups in total. The maximum Gasteiger partial charge on any atom is 0.104 e. The highest BCUT2D eigenvalue weighted by Crippen LogP contribution is 2.39. The van der Waals surface area contributed by atoms with Gasteiger partial charge in [0.25, 0.3) is 0 Å². The van der Waals surface area contributed by atoms with Gasteiger partial charge in [0.15, 0.2) is 0 Å². The number of hydrogen-bond donors (Lipinski definition) is 0. The van der Waals surface area contributed by atoms with Crippen molar-refractivity contribution in [3.63, 3.8) is 0 Å². The second-order valence-corrected chi connectivity index (χ2v) is 3.57. The SMILES string of the molecule is C=C1CC2CCC(F)CC2O1. The number of ether oxygens (including phenoxy) is 1. The van der Waals surface area contributed by atoms with Crippen LogP contribution in [0.15, 0.2) is 12.3 Å². The van der Waals surface area contributed by atoms with Crippen molar-refractivity contribution in [1.29, 1.82) is 0 Å². The molecule has 0 spiro atoms. The lowest BCUT2D eigenvalue weighted by Gasteiger charge is -2.25. The molecule has 1 heterocycles. The van der Waals surface area contributed by atoms with Crippen LogP contribution in [0.25, 0.3) is 0 Å². The van der Waals surface area contributed by atoms with Crippen LogP contribution in [0.5, 0.6) is 0 Å². The number of hydrogen-bond acceptors (Lipinski definition) is 1. The van der Waals surface area contributed by atoms with Crippen LogP contribution in [-0.4, -0.2) is 12.3 Å². The number of allylic oxidation sites excluding steroid dienone is 1. The Hall–Kier alpha value is -0.530. The number of rotatable bonds is 0. The molecule has 2 aliphatic rings. The summed E-state index contributed by atoms with van der Waals surface area (Å²) >= 11 is 0. The Morgan fingerprint density at radius 3 is 3.09 bits per heavy atom. The van der Waals surface area contributed by atoms with Gasteiger partial charge in [-0.1, -0.05) is 6.58 Å². The minimum Gasteiger partial charge on any atom is -0.495 e. The maximum absolute atomic E-state index is 12.8. The van der Waals surface area contributed by atoms with Crippen LogP contribution >= 0.6 is 0 Å². The summed E-state index contributed by atoms with van der Waals surface area (Å²) in [5.74, 6) is 1.42. The standard InChI is InChI=1S/C9H13FO/c1-6-4-7-2-3-8(10)5-9(7)11-6/h7-9H,1-5H2. The molecule has 3 unspecified atom stereocenters. The Morgan fingerprint density at radius 2 is 2.27 bits per heavy atom. The van der Waals surface area contributed by atoms with Gasteiger partial charge in [-0.15, -0.1) is 0 Å². The predicted octanol–water partition coefficient (Wildman–Crippen LogP) is 2.43. The zero-order valence-electron chi connectivity index (χ0n) is 6.55. The molecular weight excluding hydrogens is 143 g/mol. The first-order chi connectivity index (χ1) is 5.25. The van der Waals surface area contributed by atoms with Gasteiger partial charge in [-0.05, 0) is 12.8 Å². The van der Waals surface area contributed by atoms with Crippen molar-refractivity contribution < 1.29 is 9.13 Å². The van der Waals surface area contributed by atoms with E-state index in [2.05, 4.69) is 6.58 Å². The molecule has 1 aliphatic heterocycles. The Bertz CT molecular complexity index is 178. The minimum atomic E-state index is -0.637. The quantitative estimate of drug-likeness (QED) is 0.523. The Labute approximate surface area is 66.2 Å². The molecule has 0 aromatic carbocycles. The summed E-state index contributed by atoms with van der Waals surface area (Å²) in [6.45, 7) is 3.76. The van der Waals surface area contributed by atoms with Crippen molar-refractivity contribution in [2.75, 3.05) is 0 Å². The molecule has 1 nitrogen and oxygen atoms in total. The fraction of sp³-hybridized carbons (Fsp3) is 0.778. The van der Waals surface area contributed by atoms with Crippen LogP contribution < -0.4 is 0 Å². The monoisotopic (exact) mass is 156 g/mol. The third kappa shape index (κ3) is 1.26.